The Balaban J connectivity index is 2.12. The zero-order valence-corrected chi connectivity index (χ0v) is 17.0. The molecule has 8 heteroatoms. The van der Waals surface area contributed by atoms with Crippen LogP contribution in [-0.4, -0.2) is 41.6 Å². The van der Waals surface area contributed by atoms with Crippen LogP contribution in [0.3, 0.4) is 0 Å². The summed E-state index contributed by atoms with van der Waals surface area (Å²) in [7, 11) is 6.01. The molecule has 1 aromatic heterocycles. The highest BCUT2D eigenvalue weighted by Gasteiger charge is 2.24. The number of thiol groups is 1. The molecule has 1 aromatic carbocycles. The lowest BCUT2D eigenvalue weighted by Gasteiger charge is -2.22. The molecular formula is C20H25BN4O2S. The van der Waals surface area contributed by atoms with Crippen molar-refractivity contribution >= 4 is 32.3 Å². The molecule has 6 nitrogen and oxygen atoms in total. The topological polar surface area (TPSA) is 84.0 Å². The number of carbonyl (C=O) groups excluding carboxylic acids is 2. The van der Waals surface area contributed by atoms with E-state index >= 15 is 0 Å². The number of hydrogen-bond acceptors (Lipinski definition) is 5. The molecule has 2 amide bonds. The Morgan fingerprint density at radius 2 is 1.82 bits per heavy atom. The van der Waals surface area contributed by atoms with E-state index in [4.69, 9.17) is 7.85 Å². The standard InChI is InChI=1S/C20H25BN4O2S/c1-13(2)8-18(21)25-19(26)16(9-14-6-4-3-5-7-14)24-20(27)17-11-22-15(12-28)10-23-17/h3-7,10-11,13,16,18,28H,8-9,12H2,1-2H3,(H,24,27)(H,25,26)/t16-,18-/m0/s1. The first-order valence-corrected chi connectivity index (χ1v) is 9.84. The van der Waals surface area contributed by atoms with Gasteiger partial charge in [-0.15, -0.1) is 0 Å². The zero-order chi connectivity index (χ0) is 20.5. The van der Waals surface area contributed by atoms with Gasteiger partial charge in [-0.2, -0.15) is 12.6 Å². The quantitative estimate of drug-likeness (QED) is 0.447. The van der Waals surface area contributed by atoms with E-state index in [1.807, 2.05) is 44.2 Å². The number of aromatic nitrogens is 2. The summed E-state index contributed by atoms with van der Waals surface area (Å²) in [6.45, 7) is 4.06. The largest absolute Gasteiger partial charge is 0.360 e. The second-order valence-electron chi connectivity index (χ2n) is 7.01. The van der Waals surface area contributed by atoms with Gasteiger partial charge in [0.25, 0.3) is 5.91 Å². The normalized spacial score (nSPS) is 13.0. The number of hydrogen-bond donors (Lipinski definition) is 3. The summed E-state index contributed by atoms with van der Waals surface area (Å²) < 4.78 is 0. The van der Waals surface area contributed by atoms with Gasteiger partial charge in [0.1, 0.15) is 11.7 Å². The van der Waals surface area contributed by atoms with Crippen LogP contribution in [0.4, 0.5) is 0 Å². The third-order valence-electron chi connectivity index (χ3n) is 4.06. The van der Waals surface area contributed by atoms with Crippen LogP contribution in [0.25, 0.3) is 0 Å². The van der Waals surface area contributed by atoms with Gasteiger partial charge in [0.2, 0.25) is 5.91 Å². The first kappa shape index (κ1) is 21.9. The molecule has 2 N–H and O–H groups in total. The maximum absolute atomic E-state index is 12.8. The summed E-state index contributed by atoms with van der Waals surface area (Å²) >= 11 is 4.12. The van der Waals surface area contributed by atoms with E-state index in [1.165, 1.54) is 12.4 Å². The number of nitrogens with zero attached hydrogens (tertiary/aromatic N) is 2. The molecule has 0 saturated heterocycles. The van der Waals surface area contributed by atoms with Crippen molar-refractivity contribution in [1.29, 1.82) is 0 Å². The van der Waals surface area contributed by atoms with Crippen molar-refractivity contribution in [2.75, 3.05) is 0 Å². The van der Waals surface area contributed by atoms with E-state index in [0.29, 0.717) is 30.2 Å². The molecule has 0 aliphatic carbocycles. The molecule has 2 rings (SSSR count). The number of carbonyl (C=O) groups is 2. The lowest BCUT2D eigenvalue weighted by molar-refractivity contribution is -0.123. The minimum absolute atomic E-state index is 0.142. The molecule has 1 heterocycles. The van der Waals surface area contributed by atoms with E-state index < -0.39 is 17.9 Å². The van der Waals surface area contributed by atoms with Gasteiger partial charge in [-0.25, -0.2) is 4.98 Å². The van der Waals surface area contributed by atoms with Crippen LogP contribution in [0, 0.1) is 5.92 Å². The number of nitrogens with one attached hydrogen (secondary N) is 2. The lowest BCUT2D eigenvalue weighted by Crippen LogP contribution is -2.51. The van der Waals surface area contributed by atoms with Gasteiger partial charge >= 0.3 is 0 Å². The smallest absolute Gasteiger partial charge is 0.272 e. The van der Waals surface area contributed by atoms with Crippen LogP contribution in [0.1, 0.15) is 42.0 Å². The molecular weight excluding hydrogens is 371 g/mol. The molecule has 2 atom stereocenters. The van der Waals surface area contributed by atoms with E-state index in [2.05, 4.69) is 33.2 Å². The van der Waals surface area contributed by atoms with Gasteiger partial charge in [0.15, 0.2) is 0 Å². The monoisotopic (exact) mass is 396 g/mol. The molecule has 28 heavy (non-hydrogen) atoms. The first-order chi connectivity index (χ1) is 13.4. The highest BCUT2D eigenvalue weighted by atomic mass is 32.1. The van der Waals surface area contributed by atoms with Crippen LogP contribution >= 0.6 is 12.6 Å². The summed E-state index contributed by atoms with van der Waals surface area (Å²) in [4.78, 5) is 33.5. The van der Waals surface area contributed by atoms with Crippen LogP contribution in [0.5, 0.6) is 0 Å². The molecule has 2 aromatic rings. The SMILES string of the molecule is [B][C@H](CC(C)C)NC(=O)[C@H](Cc1ccccc1)NC(=O)c1cnc(CS)cn1. The maximum atomic E-state index is 12.8. The fourth-order valence-corrected chi connectivity index (χ4v) is 2.86. The molecule has 0 fully saturated rings. The van der Waals surface area contributed by atoms with E-state index in [9.17, 15) is 9.59 Å². The minimum atomic E-state index is -0.778. The van der Waals surface area contributed by atoms with Gasteiger partial charge in [0, 0.05) is 12.2 Å². The molecule has 0 unspecified atom stereocenters. The molecule has 0 saturated carbocycles. The lowest BCUT2D eigenvalue weighted by atomic mass is 9.87. The van der Waals surface area contributed by atoms with Crippen LogP contribution in [-0.2, 0) is 17.0 Å². The second kappa shape index (κ2) is 10.9. The van der Waals surface area contributed by atoms with Crippen molar-refractivity contribution in [3.63, 3.8) is 0 Å². The van der Waals surface area contributed by atoms with Crippen molar-refractivity contribution in [1.82, 2.24) is 20.6 Å². The molecule has 0 spiro atoms. The first-order valence-electron chi connectivity index (χ1n) is 9.21. The average molecular weight is 396 g/mol. The molecule has 2 radical (unpaired) electrons. The summed E-state index contributed by atoms with van der Waals surface area (Å²) in [5.41, 5.74) is 1.73. The van der Waals surface area contributed by atoms with Crippen LogP contribution < -0.4 is 10.6 Å². The van der Waals surface area contributed by atoms with Crippen molar-refractivity contribution in [2.45, 2.75) is 44.4 Å². The van der Waals surface area contributed by atoms with Crippen molar-refractivity contribution in [2.24, 2.45) is 5.92 Å². The minimum Gasteiger partial charge on any atom is -0.360 e. The van der Waals surface area contributed by atoms with Crippen LogP contribution in [0.15, 0.2) is 42.7 Å². The van der Waals surface area contributed by atoms with Gasteiger partial charge in [-0.3, -0.25) is 14.6 Å². The number of amides is 2. The van der Waals surface area contributed by atoms with E-state index in [0.717, 1.165) is 5.56 Å². The molecule has 0 aliphatic rings. The third kappa shape index (κ3) is 7.00. The Hall–Kier alpha value is -2.35. The van der Waals surface area contributed by atoms with Gasteiger partial charge < -0.3 is 10.6 Å². The summed E-state index contributed by atoms with van der Waals surface area (Å²) in [6.07, 6.45) is 3.86. The summed E-state index contributed by atoms with van der Waals surface area (Å²) in [5.74, 6) is -0.492. The van der Waals surface area contributed by atoms with E-state index in [-0.39, 0.29) is 11.6 Å². The fourth-order valence-electron chi connectivity index (χ4n) is 2.70. The van der Waals surface area contributed by atoms with Gasteiger partial charge in [-0.1, -0.05) is 44.2 Å². The Morgan fingerprint density at radius 1 is 1.11 bits per heavy atom. The van der Waals surface area contributed by atoms with Crippen molar-refractivity contribution < 1.29 is 9.59 Å². The van der Waals surface area contributed by atoms with Gasteiger partial charge in [0.05, 0.1) is 25.9 Å². The highest BCUT2D eigenvalue weighted by Crippen LogP contribution is 2.07. The zero-order valence-electron chi connectivity index (χ0n) is 16.1. The predicted octanol–water partition coefficient (Wildman–Crippen LogP) is 1.90. The van der Waals surface area contributed by atoms with Crippen LogP contribution in [0.2, 0.25) is 0 Å². The molecule has 146 valence electrons. The van der Waals surface area contributed by atoms with Crippen molar-refractivity contribution in [3.8, 4) is 0 Å². The van der Waals surface area contributed by atoms with Gasteiger partial charge in [-0.05, 0) is 23.8 Å². The molecule has 0 bridgehead atoms. The number of benzene rings is 1. The van der Waals surface area contributed by atoms with E-state index in [1.54, 1.807) is 0 Å². The third-order valence-corrected chi connectivity index (χ3v) is 4.38. The predicted molar refractivity (Wildman–Crippen MR) is 113 cm³/mol. The Bertz CT molecular complexity index is 772. The van der Waals surface area contributed by atoms with Crippen molar-refractivity contribution in [3.05, 3.63) is 59.7 Å². The fraction of sp³-hybridized carbons (Fsp3) is 0.400. The Morgan fingerprint density at radius 3 is 2.39 bits per heavy atom. The highest BCUT2D eigenvalue weighted by molar-refractivity contribution is 7.79. The Kier molecular flexibility index (Phi) is 8.51. The molecule has 0 aliphatic heterocycles. The average Bonchev–Trinajstić information content (AvgIpc) is 2.67. The Labute approximate surface area is 172 Å². The second-order valence-corrected chi connectivity index (χ2v) is 7.33. The maximum Gasteiger partial charge on any atom is 0.272 e. The number of rotatable bonds is 9. The summed E-state index contributed by atoms with van der Waals surface area (Å²) in [6, 6.07) is 8.70. The summed E-state index contributed by atoms with van der Waals surface area (Å²) in [5, 5.41) is 5.53.